The van der Waals surface area contributed by atoms with Gasteiger partial charge in [0.25, 0.3) is 0 Å². The lowest BCUT2D eigenvalue weighted by molar-refractivity contribution is -0.121. The van der Waals surface area contributed by atoms with Gasteiger partial charge in [0.2, 0.25) is 0 Å². The first kappa shape index (κ1) is 15.7. The van der Waals surface area contributed by atoms with E-state index in [0.717, 1.165) is 0 Å². The van der Waals surface area contributed by atoms with Crippen molar-refractivity contribution < 1.29 is 30.3 Å². The van der Waals surface area contributed by atoms with Gasteiger partial charge in [-0.05, 0) is 24.3 Å². The van der Waals surface area contributed by atoms with E-state index in [1.807, 2.05) is 0 Å². The molecular weight excluding hydrogens is 254 g/mol. The summed E-state index contributed by atoms with van der Waals surface area (Å²) in [5.74, 6) is 0.442. The van der Waals surface area contributed by atoms with E-state index in [-0.39, 0.29) is 6.61 Å². The lowest BCUT2D eigenvalue weighted by atomic mass is 10.0. The number of nitrogens with two attached hydrogens (primary N) is 1. The molecule has 108 valence electrons. The lowest BCUT2D eigenvalue weighted by Crippen LogP contribution is -2.47. The molecule has 0 heterocycles. The summed E-state index contributed by atoms with van der Waals surface area (Å²) in [6.45, 7) is -0.996. The number of hydrogen-bond acceptors (Lipinski definition) is 7. The number of benzene rings is 1. The molecule has 1 rings (SSSR count). The summed E-state index contributed by atoms with van der Waals surface area (Å²) < 4.78 is 5.19. The molecule has 0 aromatic heterocycles. The Labute approximate surface area is 110 Å². The van der Waals surface area contributed by atoms with E-state index >= 15 is 0 Å². The zero-order valence-corrected chi connectivity index (χ0v) is 10.3. The molecule has 0 saturated heterocycles. The maximum absolute atomic E-state index is 9.60. The third-order valence-electron chi connectivity index (χ3n) is 2.63. The van der Waals surface area contributed by atoms with Crippen LogP contribution in [0.2, 0.25) is 0 Å². The molecule has 0 bridgehead atoms. The highest BCUT2D eigenvalue weighted by molar-refractivity contribution is 5.41. The molecule has 1 aromatic rings. The number of nitrogen functional groups attached to an aromatic ring is 1. The van der Waals surface area contributed by atoms with Gasteiger partial charge in [0.15, 0.2) is 0 Å². The van der Waals surface area contributed by atoms with Crippen LogP contribution in [-0.2, 0) is 0 Å². The van der Waals surface area contributed by atoms with Crippen molar-refractivity contribution in [2.75, 3.05) is 18.9 Å². The lowest BCUT2D eigenvalue weighted by Gasteiger charge is -2.25. The van der Waals surface area contributed by atoms with E-state index in [0.29, 0.717) is 11.4 Å². The van der Waals surface area contributed by atoms with Gasteiger partial charge in [-0.3, -0.25) is 0 Å². The summed E-state index contributed by atoms with van der Waals surface area (Å²) in [4.78, 5) is 0. The van der Waals surface area contributed by atoms with E-state index < -0.39 is 31.0 Å². The fourth-order valence-electron chi connectivity index (χ4n) is 1.41. The normalized spacial score (nSPS) is 17.5. The SMILES string of the molecule is Nc1ccc(OC[C@@H](O)[C@H](O)[C@H](O)[C@@H](O)CO)cc1. The highest BCUT2D eigenvalue weighted by Crippen LogP contribution is 2.14. The third kappa shape index (κ3) is 4.66. The summed E-state index contributed by atoms with van der Waals surface area (Å²) in [5.41, 5.74) is 6.05. The molecule has 0 unspecified atom stereocenters. The Kier molecular flexibility index (Phi) is 6.00. The molecule has 19 heavy (non-hydrogen) atoms. The second kappa shape index (κ2) is 7.27. The minimum absolute atomic E-state index is 0.277. The summed E-state index contributed by atoms with van der Waals surface area (Å²) >= 11 is 0. The van der Waals surface area contributed by atoms with E-state index in [2.05, 4.69) is 0 Å². The van der Waals surface area contributed by atoms with E-state index in [9.17, 15) is 15.3 Å². The standard InChI is InChI=1S/C12H19NO6/c13-7-1-3-8(4-2-7)19-6-10(16)12(18)11(17)9(15)5-14/h1-4,9-12,14-18H,5-6,13H2/t9-,10+,11+,12-/m0/s1. The molecule has 0 aliphatic carbocycles. The number of ether oxygens (including phenoxy) is 1. The van der Waals surface area contributed by atoms with Crippen LogP contribution in [0.25, 0.3) is 0 Å². The zero-order chi connectivity index (χ0) is 14.4. The monoisotopic (exact) mass is 273 g/mol. The average Bonchev–Trinajstić information content (AvgIpc) is 2.43. The zero-order valence-electron chi connectivity index (χ0n) is 10.3. The molecule has 0 fully saturated rings. The maximum Gasteiger partial charge on any atom is 0.119 e. The smallest absolute Gasteiger partial charge is 0.119 e. The molecule has 0 saturated carbocycles. The van der Waals surface area contributed by atoms with Crippen LogP contribution in [0.3, 0.4) is 0 Å². The number of aliphatic hydroxyl groups excluding tert-OH is 5. The fraction of sp³-hybridized carbons (Fsp3) is 0.500. The van der Waals surface area contributed by atoms with Gasteiger partial charge in [-0.25, -0.2) is 0 Å². The van der Waals surface area contributed by atoms with Gasteiger partial charge in [-0.2, -0.15) is 0 Å². The van der Waals surface area contributed by atoms with Gasteiger partial charge in [0.05, 0.1) is 6.61 Å². The van der Waals surface area contributed by atoms with E-state index in [4.69, 9.17) is 20.7 Å². The largest absolute Gasteiger partial charge is 0.491 e. The van der Waals surface area contributed by atoms with Gasteiger partial charge in [-0.1, -0.05) is 0 Å². The van der Waals surface area contributed by atoms with Gasteiger partial charge >= 0.3 is 0 Å². The predicted molar refractivity (Wildman–Crippen MR) is 67.5 cm³/mol. The molecular formula is C12H19NO6. The van der Waals surface area contributed by atoms with E-state index in [1.165, 1.54) is 0 Å². The molecule has 7 nitrogen and oxygen atoms in total. The van der Waals surface area contributed by atoms with Crippen molar-refractivity contribution in [2.24, 2.45) is 0 Å². The Hall–Kier alpha value is -1.38. The van der Waals surface area contributed by atoms with Crippen LogP contribution in [-0.4, -0.2) is 63.2 Å². The second-order valence-electron chi connectivity index (χ2n) is 4.18. The molecule has 0 aliphatic rings. The van der Waals surface area contributed by atoms with Crippen LogP contribution in [0.5, 0.6) is 5.75 Å². The third-order valence-corrected chi connectivity index (χ3v) is 2.63. The summed E-state index contributed by atoms with van der Waals surface area (Å²) in [6, 6.07) is 6.41. The topological polar surface area (TPSA) is 136 Å². The van der Waals surface area contributed by atoms with Gasteiger partial charge < -0.3 is 36.0 Å². The minimum atomic E-state index is -1.66. The number of anilines is 1. The van der Waals surface area contributed by atoms with Crippen molar-refractivity contribution in [2.45, 2.75) is 24.4 Å². The highest BCUT2D eigenvalue weighted by atomic mass is 16.5. The van der Waals surface area contributed by atoms with Crippen LogP contribution in [0.1, 0.15) is 0 Å². The Morgan fingerprint density at radius 3 is 2.00 bits per heavy atom. The number of aliphatic hydroxyl groups is 5. The van der Waals surface area contributed by atoms with Crippen LogP contribution < -0.4 is 10.5 Å². The second-order valence-corrected chi connectivity index (χ2v) is 4.18. The van der Waals surface area contributed by atoms with Crippen LogP contribution >= 0.6 is 0 Å². The van der Waals surface area contributed by atoms with Crippen molar-refractivity contribution in [3.63, 3.8) is 0 Å². The summed E-state index contributed by atoms with van der Waals surface area (Å²) in [7, 11) is 0. The Morgan fingerprint density at radius 2 is 1.47 bits per heavy atom. The van der Waals surface area contributed by atoms with Crippen LogP contribution in [0, 0.1) is 0 Å². The number of rotatable bonds is 7. The minimum Gasteiger partial charge on any atom is -0.491 e. The molecule has 0 aliphatic heterocycles. The van der Waals surface area contributed by atoms with Crippen molar-refractivity contribution in [3.8, 4) is 5.75 Å². The molecule has 1 aromatic carbocycles. The van der Waals surface area contributed by atoms with Crippen molar-refractivity contribution in [1.29, 1.82) is 0 Å². The molecule has 0 amide bonds. The van der Waals surface area contributed by atoms with Crippen molar-refractivity contribution in [3.05, 3.63) is 24.3 Å². The van der Waals surface area contributed by atoms with Gasteiger partial charge in [0, 0.05) is 5.69 Å². The Morgan fingerprint density at radius 1 is 0.947 bits per heavy atom. The molecule has 7 heteroatoms. The highest BCUT2D eigenvalue weighted by Gasteiger charge is 2.30. The number of hydrogen-bond donors (Lipinski definition) is 6. The molecule has 4 atom stereocenters. The first-order valence-corrected chi connectivity index (χ1v) is 5.77. The van der Waals surface area contributed by atoms with Crippen molar-refractivity contribution in [1.82, 2.24) is 0 Å². The van der Waals surface area contributed by atoms with Crippen LogP contribution in [0.15, 0.2) is 24.3 Å². The van der Waals surface area contributed by atoms with Crippen molar-refractivity contribution >= 4 is 5.69 Å². The van der Waals surface area contributed by atoms with Crippen LogP contribution in [0.4, 0.5) is 5.69 Å². The van der Waals surface area contributed by atoms with Gasteiger partial charge in [-0.15, -0.1) is 0 Å². The summed E-state index contributed by atoms with van der Waals surface area (Å²) in [6.07, 6.45) is -6.22. The quantitative estimate of drug-likeness (QED) is 0.319. The van der Waals surface area contributed by atoms with Gasteiger partial charge in [0.1, 0.15) is 36.8 Å². The molecule has 0 radical (unpaired) electrons. The molecule has 0 spiro atoms. The average molecular weight is 273 g/mol. The van der Waals surface area contributed by atoms with E-state index in [1.54, 1.807) is 24.3 Å². The fourth-order valence-corrected chi connectivity index (χ4v) is 1.41. The Balaban J connectivity index is 2.46. The molecule has 7 N–H and O–H groups in total. The first-order chi connectivity index (χ1) is 8.95. The Bertz CT molecular complexity index is 371. The maximum atomic E-state index is 9.60. The summed E-state index contributed by atoms with van der Waals surface area (Å²) in [5, 5.41) is 46.3. The predicted octanol–water partition coefficient (Wildman–Crippen LogP) is -1.92. The first-order valence-electron chi connectivity index (χ1n) is 5.77.